The van der Waals surface area contributed by atoms with E-state index in [0.717, 1.165) is 34.2 Å². The second-order valence-corrected chi connectivity index (χ2v) is 20.5. The normalized spacial score (nSPS) is 12.9. The number of carbonyl (C=O) groups excluding carboxylic acids is 1. The van der Waals surface area contributed by atoms with Crippen molar-refractivity contribution in [2.75, 3.05) is 13.1 Å². The molecule has 4 rings (SSSR count). The van der Waals surface area contributed by atoms with Gasteiger partial charge in [0.15, 0.2) is 0 Å². The molecule has 0 radical (unpaired) electrons. The van der Waals surface area contributed by atoms with E-state index in [9.17, 15) is 49.9 Å². The smallest absolute Gasteiger partial charge is 0.328 e. The zero-order valence-electron chi connectivity index (χ0n) is 40.6. The lowest BCUT2D eigenvalue weighted by Gasteiger charge is -2.14. The number of hydrogen-bond donors (Lipinski definition) is 8. The number of benzene rings is 4. The number of nitrogens with zero attached hydrogens (tertiary/aromatic N) is 3. The van der Waals surface area contributed by atoms with E-state index >= 15 is 0 Å². The minimum absolute atomic E-state index is 0.0347. The van der Waals surface area contributed by atoms with Gasteiger partial charge in [-0.3, -0.25) is 33.4 Å². The maximum absolute atomic E-state index is 12.5. The van der Waals surface area contributed by atoms with Crippen LogP contribution in [-0.4, -0.2) is 110 Å². The van der Waals surface area contributed by atoms with Gasteiger partial charge in [-0.05, 0) is 128 Å². The maximum atomic E-state index is 12.5. The maximum Gasteiger partial charge on any atom is 0.328 e. The number of amides is 1. The van der Waals surface area contributed by atoms with Gasteiger partial charge in [-0.1, -0.05) is 77.4 Å². The molecule has 10 N–H and O–H groups in total. The molecule has 0 fully saturated rings. The third kappa shape index (κ3) is 28.8. The van der Waals surface area contributed by atoms with E-state index in [0.29, 0.717) is 69.0 Å². The van der Waals surface area contributed by atoms with Crippen molar-refractivity contribution in [3.8, 4) is 0 Å². The van der Waals surface area contributed by atoms with Gasteiger partial charge < -0.3 is 27.0 Å². The first kappa shape index (κ1) is 62.6. The first-order valence-corrected chi connectivity index (χ1v) is 26.3. The summed E-state index contributed by atoms with van der Waals surface area (Å²) in [5.74, 6) is -1.43. The number of unbranched alkanes of at least 4 members (excludes halogenated alkanes) is 2. The number of aryl methyl sites for hydroxylation is 3. The van der Waals surface area contributed by atoms with Crippen LogP contribution in [0.5, 0.6) is 0 Å². The fourth-order valence-electron chi connectivity index (χ4n) is 5.94. The Morgan fingerprint density at radius 2 is 0.915 bits per heavy atom. The Hall–Kier alpha value is -6.37. The van der Waals surface area contributed by atoms with Gasteiger partial charge in [0.25, 0.3) is 30.4 Å². The number of carboxylic acids is 2. The molecule has 71 heavy (non-hydrogen) atoms. The molecule has 0 saturated carbocycles. The molecule has 20 nitrogen and oxygen atoms in total. The third-order valence-electron chi connectivity index (χ3n) is 9.58. The van der Waals surface area contributed by atoms with Crippen LogP contribution in [0.25, 0.3) is 0 Å². The van der Waals surface area contributed by atoms with Crippen LogP contribution in [0.2, 0.25) is 0 Å². The lowest BCUT2D eigenvalue weighted by molar-refractivity contribution is -0.142. The predicted octanol–water partition coefficient (Wildman–Crippen LogP) is 6.08. The number of nitrogens with two attached hydrogens (primary N) is 2. The van der Waals surface area contributed by atoms with Crippen LogP contribution in [-0.2, 0) is 57.6 Å². The van der Waals surface area contributed by atoms with E-state index in [4.69, 9.17) is 25.1 Å². The summed E-state index contributed by atoms with van der Waals surface area (Å²) >= 11 is 0. The van der Waals surface area contributed by atoms with Crippen LogP contribution in [0.15, 0.2) is 127 Å². The Morgan fingerprint density at radius 1 is 0.549 bits per heavy atom. The van der Waals surface area contributed by atoms with E-state index in [-0.39, 0.29) is 27.0 Å². The summed E-state index contributed by atoms with van der Waals surface area (Å²) in [5, 5.41) is 21.6. The van der Waals surface area contributed by atoms with Gasteiger partial charge in [0.1, 0.15) is 12.1 Å². The van der Waals surface area contributed by atoms with Crippen molar-refractivity contribution in [2.45, 2.75) is 120 Å². The highest BCUT2D eigenvalue weighted by atomic mass is 32.2. The van der Waals surface area contributed by atoms with Crippen LogP contribution in [0, 0.1) is 20.8 Å². The van der Waals surface area contributed by atoms with Gasteiger partial charge in [0.2, 0.25) is 5.91 Å². The van der Waals surface area contributed by atoms with Crippen LogP contribution >= 0.6 is 0 Å². The molecule has 0 heterocycles. The lowest BCUT2D eigenvalue weighted by atomic mass is 10.0. The molecule has 0 spiro atoms. The summed E-state index contributed by atoms with van der Waals surface area (Å²) in [6.45, 7) is 11.8. The van der Waals surface area contributed by atoms with Crippen molar-refractivity contribution in [3.05, 3.63) is 125 Å². The fraction of sp³-hybridized carbons (Fsp3) is 0.375. The van der Waals surface area contributed by atoms with Crippen LogP contribution in [0.4, 0.5) is 0 Å². The van der Waals surface area contributed by atoms with Crippen molar-refractivity contribution < 1.29 is 63.5 Å². The molecule has 0 aliphatic heterocycles. The molecular formula is C48H66N6O14S3. The molecule has 0 aliphatic carbocycles. The summed E-state index contributed by atoms with van der Waals surface area (Å²) in [6.07, 6.45) is 3.89. The van der Waals surface area contributed by atoms with Crippen LogP contribution in [0.3, 0.4) is 0 Å². The zero-order valence-corrected chi connectivity index (χ0v) is 43.0. The number of rotatable bonds is 21. The average molecular weight is 1050 g/mol. The number of carboxylic acid groups (broad SMARTS) is 2. The first-order valence-electron chi connectivity index (χ1n) is 22.0. The molecule has 4 aromatic carbocycles. The molecular weight excluding hydrogens is 981 g/mol. The van der Waals surface area contributed by atoms with Gasteiger partial charge in [-0.2, -0.15) is 25.3 Å². The SMILES string of the molecule is CC(N)=NCCCCC(N=C(C)Cc1cccc(CC(=O)NC(CCCCN=C(C)N)C(=O)O)c1)C(=O)O.Cc1ccc(S(=O)(=O)O)cc1.Cc1ccc(S(=O)(=O)O)cc1.Cc1ccc(S(=O)(=O)O)cc1. The third-order valence-corrected chi connectivity index (χ3v) is 12.2. The number of carbonyl (C=O) groups is 3. The second-order valence-electron chi connectivity index (χ2n) is 16.3. The van der Waals surface area contributed by atoms with Crippen molar-refractivity contribution >= 4 is 65.6 Å². The summed E-state index contributed by atoms with van der Waals surface area (Å²) < 4.78 is 88.7. The molecule has 1 amide bonds. The zero-order chi connectivity index (χ0) is 54.0. The van der Waals surface area contributed by atoms with Crippen LogP contribution < -0.4 is 16.8 Å². The van der Waals surface area contributed by atoms with Crippen molar-refractivity contribution in [3.63, 3.8) is 0 Å². The Bertz CT molecular complexity index is 2580. The largest absolute Gasteiger partial charge is 0.480 e. The molecule has 0 saturated heterocycles. The molecule has 4 aromatic rings. The van der Waals surface area contributed by atoms with Crippen LogP contribution in [0.1, 0.15) is 87.1 Å². The monoisotopic (exact) mass is 1050 g/mol. The fourth-order valence-corrected chi connectivity index (χ4v) is 7.38. The molecule has 23 heteroatoms. The second kappa shape index (κ2) is 31.1. The molecule has 0 aromatic heterocycles. The Morgan fingerprint density at radius 3 is 1.25 bits per heavy atom. The van der Waals surface area contributed by atoms with E-state index in [2.05, 4.69) is 20.3 Å². The summed E-state index contributed by atoms with van der Waals surface area (Å²) in [4.78, 5) is 48.1. The van der Waals surface area contributed by atoms with Gasteiger partial charge in [0, 0.05) is 25.2 Å². The highest BCUT2D eigenvalue weighted by Gasteiger charge is 2.20. The quantitative estimate of drug-likeness (QED) is 0.0203. The predicted molar refractivity (Wildman–Crippen MR) is 273 cm³/mol. The standard InChI is InChI=1S/C27H42N6O5.3C7H8O3S/c1-18(32-23(26(35)36)11-4-6-13-30-19(2)28)15-21-9-8-10-22(16-21)17-25(34)33-24(27(37)38)12-5-7-14-31-20(3)29;3*1-6-2-4-7(5-3-6)11(8,9)10/h8-10,16,23-24H,4-7,11-15,17H2,1-3H3,(H2,28,30)(H2,29,31)(H,33,34)(H,35,36)(H,37,38);3*2-5H,1H3,(H,8,9,10). The Balaban J connectivity index is 0.000000604. The minimum Gasteiger partial charge on any atom is -0.480 e. The summed E-state index contributed by atoms with van der Waals surface area (Å²) in [5.41, 5.74) is 16.2. The van der Waals surface area contributed by atoms with Crippen molar-refractivity contribution in [2.24, 2.45) is 26.4 Å². The van der Waals surface area contributed by atoms with Crippen molar-refractivity contribution in [1.29, 1.82) is 0 Å². The Kier molecular flexibility index (Phi) is 27.4. The molecule has 390 valence electrons. The number of nitrogens with one attached hydrogen (secondary N) is 1. The minimum atomic E-state index is -4.02. The van der Waals surface area contributed by atoms with E-state index in [1.807, 2.05) is 39.0 Å². The van der Waals surface area contributed by atoms with E-state index in [1.54, 1.807) is 63.2 Å². The van der Waals surface area contributed by atoms with Gasteiger partial charge >= 0.3 is 11.9 Å². The number of aliphatic imine (C=N–C) groups is 3. The number of hydrogen-bond acceptors (Lipinski definition) is 12. The van der Waals surface area contributed by atoms with Crippen molar-refractivity contribution in [1.82, 2.24) is 5.32 Å². The van der Waals surface area contributed by atoms with E-state index < -0.39 is 54.4 Å². The molecule has 2 atom stereocenters. The van der Waals surface area contributed by atoms with E-state index in [1.165, 1.54) is 36.4 Å². The highest BCUT2D eigenvalue weighted by molar-refractivity contribution is 7.86. The van der Waals surface area contributed by atoms with Gasteiger partial charge in [-0.25, -0.2) is 9.59 Å². The molecule has 0 bridgehead atoms. The average Bonchev–Trinajstić information content (AvgIpc) is 3.25. The number of aliphatic carboxylic acids is 2. The first-order chi connectivity index (χ1) is 33.0. The number of amidine groups is 2. The lowest BCUT2D eigenvalue weighted by Crippen LogP contribution is -2.41. The summed E-state index contributed by atoms with van der Waals surface area (Å²) in [6, 6.07) is 23.5. The Labute approximate surface area is 416 Å². The topological polar surface area (TPSA) is 356 Å². The molecule has 0 aliphatic rings. The highest BCUT2D eigenvalue weighted by Crippen LogP contribution is 2.13. The van der Waals surface area contributed by atoms with Gasteiger partial charge in [-0.15, -0.1) is 0 Å². The van der Waals surface area contributed by atoms with Gasteiger partial charge in [0.05, 0.1) is 32.8 Å². The molecule has 2 unspecified atom stereocenters. The summed E-state index contributed by atoms with van der Waals surface area (Å²) in [7, 11) is -12.1.